The van der Waals surface area contributed by atoms with E-state index >= 15 is 0 Å². The van der Waals surface area contributed by atoms with Crippen molar-refractivity contribution in [2.45, 2.75) is 39.2 Å². The molecule has 0 atom stereocenters. The molecule has 1 aromatic rings. The molecule has 1 aromatic carbocycles. The van der Waals surface area contributed by atoms with E-state index in [0.29, 0.717) is 12.8 Å². The summed E-state index contributed by atoms with van der Waals surface area (Å²) in [4.78, 5) is 12.0. The first-order valence-corrected chi connectivity index (χ1v) is 5.72. The van der Waals surface area contributed by atoms with Gasteiger partial charge in [0.25, 0.3) is 5.91 Å². The molecule has 86 valence electrons. The van der Waals surface area contributed by atoms with E-state index in [4.69, 9.17) is 4.74 Å². The summed E-state index contributed by atoms with van der Waals surface area (Å²) in [7, 11) is 0. The van der Waals surface area contributed by atoms with E-state index in [2.05, 4.69) is 5.32 Å². The third-order valence-corrected chi connectivity index (χ3v) is 3.24. The summed E-state index contributed by atoms with van der Waals surface area (Å²) in [5, 5.41) is 2.93. The topological polar surface area (TPSA) is 38.3 Å². The molecule has 0 aromatic heterocycles. The Hall–Kier alpha value is -1.51. The quantitative estimate of drug-likeness (QED) is 0.830. The number of carbonyl (C=O) groups is 1. The number of rotatable bonds is 2. The van der Waals surface area contributed by atoms with Crippen LogP contribution in [0.4, 0.5) is 5.69 Å². The van der Waals surface area contributed by atoms with Crippen LogP contribution < -0.4 is 10.1 Å². The van der Waals surface area contributed by atoms with E-state index < -0.39 is 5.60 Å². The molecule has 3 heteroatoms. The maximum absolute atomic E-state index is 12.0. The predicted octanol–water partition coefficient (Wildman–Crippen LogP) is 2.88. The standard InChI is InChI=1S/C13H17NO2/c1-4-13(5-2)12(15)14-10-8-9(3)6-7-11(10)16-13/h6-8H,4-5H2,1-3H3,(H,14,15). The van der Waals surface area contributed by atoms with Gasteiger partial charge in [0.2, 0.25) is 0 Å². The number of hydrogen-bond acceptors (Lipinski definition) is 2. The second-order valence-electron chi connectivity index (χ2n) is 4.26. The minimum atomic E-state index is -0.692. The lowest BCUT2D eigenvalue weighted by molar-refractivity contribution is -0.133. The van der Waals surface area contributed by atoms with E-state index in [1.165, 1.54) is 0 Å². The Labute approximate surface area is 95.8 Å². The molecule has 0 radical (unpaired) electrons. The van der Waals surface area contributed by atoms with E-state index in [9.17, 15) is 4.79 Å². The summed E-state index contributed by atoms with van der Waals surface area (Å²) < 4.78 is 5.87. The van der Waals surface area contributed by atoms with Gasteiger partial charge in [-0.25, -0.2) is 0 Å². The highest BCUT2D eigenvalue weighted by Gasteiger charge is 2.41. The molecule has 3 nitrogen and oxygen atoms in total. The first-order valence-electron chi connectivity index (χ1n) is 5.72. The Morgan fingerprint density at radius 3 is 2.62 bits per heavy atom. The number of amides is 1. The van der Waals surface area contributed by atoms with Crippen molar-refractivity contribution in [3.05, 3.63) is 23.8 Å². The van der Waals surface area contributed by atoms with Gasteiger partial charge in [-0.05, 0) is 37.5 Å². The Bertz CT molecular complexity index is 422. The summed E-state index contributed by atoms with van der Waals surface area (Å²) in [5.41, 5.74) is 1.20. The molecule has 1 heterocycles. The molecular formula is C13H17NO2. The van der Waals surface area contributed by atoms with Crippen molar-refractivity contribution in [1.29, 1.82) is 0 Å². The smallest absolute Gasteiger partial charge is 0.268 e. The molecule has 0 fully saturated rings. The molecule has 0 saturated heterocycles. The van der Waals surface area contributed by atoms with Gasteiger partial charge in [-0.1, -0.05) is 19.9 Å². The number of aryl methyl sites for hydroxylation is 1. The summed E-state index contributed by atoms with van der Waals surface area (Å²) in [6.07, 6.45) is 1.37. The molecule has 0 saturated carbocycles. The first-order chi connectivity index (χ1) is 7.61. The molecule has 1 N–H and O–H groups in total. The Kier molecular flexibility index (Phi) is 2.62. The van der Waals surface area contributed by atoms with Crippen LogP contribution in [0, 0.1) is 6.92 Å². The lowest BCUT2D eigenvalue weighted by Crippen LogP contribution is -2.49. The minimum absolute atomic E-state index is 0.0319. The van der Waals surface area contributed by atoms with Crippen LogP contribution in [-0.2, 0) is 4.79 Å². The normalized spacial score (nSPS) is 17.3. The lowest BCUT2D eigenvalue weighted by Gasteiger charge is -2.36. The zero-order chi connectivity index (χ0) is 11.8. The first kappa shape index (κ1) is 11.0. The molecule has 16 heavy (non-hydrogen) atoms. The second-order valence-corrected chi connectivity index (χ2v) is 4.26. The van der Waals surface area contributed by atoms with Gasteiger partial charge in [0.15, 0.2) is 5.60 Å². The molecule has 1 amide bonds. The zero-order valence-corrected chi connectivity index (χ0v) is 9.96. The highest BCUT2D eigenvalue weighted by molar-refractivity contribution is 6.00. The maximum Gasteiger partial charge on any atom is 0.268 e. The number of benzene rings is 1. The fourth-order valence-corrected chi connectivity index (χ4v) is 2.04. The fourth-order valence-electron chi connectivity index (χ4n) is 2.04. The van der Waals surface area contributed by atoms with Crippen molar-refractivity contribution < 1.29 is 9.53 Å². The fraction of sp³-hybridized carbons (Fsp3) is 0.462. The van der Waals surface area contributed by atoms with Crippen molar-refractivity contribution >= 4 is 11.6 Å². The van der Waals surface area contributed by atoms with Crippen LogP contribution in [-0.4, -0.2) is 11.5 Å². The number of carbonyl (C=O) groups excluding carboxylic acids is 1. The highest BCUT2D eigenvalue weighted by atomic mass is 16.5. The van der Waals surface area contributed by atoms with E-state index in [1.807, 2.05) is 39.0 Å². The van der Waals surface area contributed by atoms with Crippen LogP contribution in [0.5, 0.6) is 5.75 Å². The molecule has 2 rings (SSSR count). The maximum atomic E-state index is 12.0. The van der Waals surface area contributed by atoms with Crippen molar-refractivity contribution in [1.82, 2.24) is 0 Å². The van der Waals surface area contributed by atoms with Crippen LogP contribution in [0.25, 0.3) is 0 Å². The molecule has 1 aliphatic rings. The van der Waals surface area contributed by atoms with Crippen LogP contribution in [0.15, 0.2) is 18.2 Å². The molecule has 0 bridgehead atoms. The monoisotopic (exact) mass is 219 g/mol. The summed E-state index contributed by atoms with van der Waals surface area (Å²) >= 11 is 0. The molecule has 0 unspecified atom stereocenters. The molecule has 1 aliphatic heterocycles. The Morgan fingerprint density at radius 1 is 1.31 bits per heavy atom. The van der Waals surface area contributed by atoms with Gasteiger partial charge in [0.05, 0.1) is 5.69 Å². The Morgan fingerprint density at radius 2 is 2.00 bits per heavy atom. The minimum Gasteiger partial charge on any atom is -0.475 e. The van der Waals surface area contributed by atoms with Gasteiger partial charge in [-0.2, -0.15) is 0 Å². The van der Waals surface area contributed by atoms with Crippen molar-refractivity contribution in [2.75, 3.05) is 5.32 Å². The van der Waals surface area contributed by atoms with Crippen LogP contribution in [0.2, 0.25) is 0 Å². The average molecular weight is 219 g/mol. The van der Waals surface area contributed by atoms with Crippen molar-refractivity contribution in [3.63, 3.8) is 0 Å². The summed E-state index contributed by atoms with van der Waals surface area (Å²) in [5.74, 6) is 0.740. The van der Waals surface area contributed by atoms with Gasteiger partial charge in [-0.3, -0.25) is 4.79 Å². The lowest BCUT2D eigenvalue weighted by atomic mass is 9.94. The third-order valence-electron chi connectivity index (χ3n) is 3.24. The number of ether oxygens (including phenoxy) is 1. The highest BCUT2D eigenvalue weighted by Crippen LogP contribution is 2.37. The Balaban J connectivity index is 2.42. The number of fused-ring (bicyclic) bond motifs is 1. The van der Waals surface area contributed by atoms with Gasteiger partial charge in [0, 0.05) is 0 Å². The van der Waals surface area contributed by atoms with Crippen molar-refractivity contribution in [3.8, 4) is 5.75 Å². The number of nitrogens with one attached hydrogen (secondary N) is 1. The van der Waals surface area contributed by atoms with Crippen LogP contribution >= 0.6 is 0 Å². The van der Waals surface area contributed by atoms with Gasteiger partial charge in [-0.15, -0.1) is 0 Å². The average Bonchev–Trinajstić information content (AvgIpc) is 2.28. The van der Waals surface area contributed by atoms with E-state index in [1.54, 1.807) is 0 Å². The molecule has 0 spiro atoms. The number of anilines is 1. The predicted molar refractivity (Wildman–Crippen MR) is 63.7 cm³/mol. The second kappa shape index (κ2) is 3.81. The van der Waals surface area contributed by atoms with Gasteiger partial charge < -0.3 is 10.1 Å². The van der Waals surface area contributed by atoms with Gasteiger partial charge in [0.1, 0.15) is 5.75 Å². The molecular weight excluding hydrogens is 202 g/mol. The largest absolute Gasteiger partial charge is 0.475 e. The van der Waals surface area contributed by atoms with Crippen molar-refractivity contribution in [2.24, 2.45) is 0 Å². The summed E-state index contributed by atoms with van der Waals surface area (Å²) in [6, 6.07) is 5.85. The molecule has 0 aliphatic carbocycles. The summed E-state index contributed by atoms with van der Waals surface area (Å²) in [6.45, 7) is 5.94. The van der Waals surface area contributed by atoms with Gasteiger partial charge >= 0.3 is 0 Å². The van der Waals surface area contributed by atoms with Crippen LogP contribution in [0.1, 0.15) is 32.3 Å². The van der Waals surface area contributed by atoms with E-state index in [-0.39, 0.29) is 5.91 Å². The number of hydrogen-bond donors (Lipinski definition) is 1. The van der Waals surface area contributed by atoms with Crippen LogP contribution in [0.3, 0.4) is 0 Å². The zero-order valence-electron chi connectivity index (χ0n) is 9.96. The third kappa shape index (κ3) is 1.56. The van der Waals surface area contributed by atoms with E-state index in [0.717, 1.165) is 17.0 Å². The SMILES string of the molecule is CCC1(CC)Oc2ccc(C)cc2NC1=O.